The fourth-order valence-corrected chi connectivity index (χ4v) is 1.47. The lowest BCUT2D eigenvalue weighted by atomic mass is 10.1. The molecule has 1 aliphatic rings. The number of benzene rings is 1. The summed E-state index contributed by atoms with van der Waals surface area (Å²) in [7, 11) is 1.51. The molecule has 1 heterocycles. The van der Waals surface area contributed by atoms with Crippen molar-refractivity contribution >= 4 is 11.6 Å². The highest BCUT2D eigenvalue weighted by Gasteiger charge is 2.20. The van der Waals surface area contributed by atoms with Crippen molar-refractivity contribution in [3.05, 3.63) is 17.7 Å². The van der Waals surface area contributed by atoms with E-state index in [-0.39, 0.29) is 19.1 Å². The van der Waals surface area contributed by atoms with Crippen LogP contribution in [0.2, 0.25) is 0 Å². The molecule has 0 unspecified atom stereocenters. The summed E-state index contributed by atoms with van der Waals surface area (Å²) in [6, 6.07) is 3.34. The van der Waals surface area contributed by atoms with Crippen molar-refractivity contribution in [2.45, 2.75) is 6.61 Å². The van der Waals surface area contributed by atoms with Crippen molar-refractivity contribution in [3.63, 3.8) is 0 Å². The molecule has 0 saturated heterocycles. The Morgan fingerprint density at radius 1 is 1.60 bits per heavy atom. The lowest BCUT2D eigenvalue weighted by molar-refractivity contribution is -0.118. The zero-order valence-electron chi connectivity index (χ0n) is 8.24. The molecule has 2 rings (SSSR count). The quantitative estimate of drug-likeness (QED) is 0.745. The molecule has 0 fully saturated rings. The molecule has 1 amide bonds. The second-order valence-electron chi connectivity index (χ2n) is 3.17. The molecule has 0 atom stereocenters. The zero-order chi connectivity index (χ0) is 10.8. The van der Waals surface area contributed by atoms with Crippen molar-refractivity contribution in [2.75, 3.05) is 19.0 Å². The maximum Gasteiger partial charge on any atom is 0.262 e. The van der Waals surface area contributed by atoms with Crippen LogP contribution in [0.15, 0.2) is 12.1 Å². The Morgan fingerprint density at radius 3 is 3.07 bits per heavy atom. The SMILES string of the molecule is COc1cc(CO)cc2c1OCC(=O)N2. The molecule has 1 aromatic carbocycles. The van der Waals surface area contributed by atoms with Crippen molar-refractivity contribution in [2.24, 2.45) is 0 Å². The van der Waals surface area contributed by atoms with E-state index in [1.165, 1.54) is 7.11 Å². The third-order valence-electron chi connectivity index (χ3n) is 2.14. The summed E-state index contributed by atoms with van der Waals surface area (Å²) in [5.74, 6) is 0.811. The molecule has 5 heteroatoms. The summed E-state index contributed by atoms with van der Waals surface area (Å²) in [5.41, 5.74) is 1.20. The Balaban J connectivity index is 2.49. The first kappa shape index (κ1) is 9.79. The molecule has 2 N–H and O–H groups in total. The van der Waals surface area contributed by atoms with E-state index in [1.54, 1.807) is 12.1 Å². The lowest BCUT2D eigenvalue weighted by Gasteiger charge is -2.20. The highest BCUT2D eigenvalue weighted by molar-refractivity contribution is 5.96. The van der Waals surface area contributed by atoms with Gasteiger partial charge in [-0.2, -0.15) is 0 Å². The van der Waals surface area contributed by atoms with E-state index in [0.29, 0.717) is 22.7 Å². The monoisotopic (exact) mass is 209 g/mol. The van der Waals surface area contributed by atoms with Gasteiger partial charge in [0.05, 0.1) is 19.4 Å². The number of anilines is 1. The molecular weight excluding hydrogens is 198 g/mol. The number of aliphatic hydroxyl groups is 1. The first-order chi connectivity index (χ1) is 7.24. The standard InChI is InChI=1S/C10H11NO4/c1-14-8-3-6(4-12)2-7-10(8)15-5-9(13)11-7/h2-3,12H,4-5H2,1H3,(H,11,13). The van der Waals surface area contributed by atoms with Crippen LogP contribution < -0.4 is 14.8 Å². The molecule has 0 aromatic heterocycles. The van der Waals surface area contributed by atoms with Gasteiger partial charge in [0.15, 0.2) is 18.1 Å². The van der Waals surface area contributed by atoms with E-state index in [0.717, 1.165) is 0 Å². The van der Waals surface area contributed by atoms with Gasteiger partial charge in [-0.3, -0.25) is 4.79 Å². The van der Waals surface area contributed by atoms with Crippen LogP contribution in [0.1, 0.15) is 5.56 Å². The smallest absolute Gasteiger partial charge is 0.262 e. The van der Waals surface area contributed by atoms with E-state index in [4.69, 9.17) is 14.6 Å². The molecule has 1 aliphatic heterocycles. The lowest BCUT2D eigenvalue weighted by Crippen LogP contribution is -2.25. The molecule has 0 spiro atoms. The van der Waals surface area contributed by atoms with E-state index in [2.05, 4.69) is 5.32 Å². The minimum Gasteiger partial charge on any atom is -0.493 e. The molecule has 0 radical (unpaired) electrons. The number of methoxy groups -OCH3 is 1. The summed E-state index contributed by atoms with van der Waals surface area (Å²) in [4.78, 5) is 11.1. The van der Waals surface area contributed by atoms with Crippen LogP contribution in [0, 0.1) is 0 Å². The van der Waals surface area contributed by atoms with Crippen LogP contribution in [0.25, 0.3) is 0 Å². The largest absolute Gasteiger partial charge is 0.493 e. The number of amides is 1. The first-order valence-electron chi connectivity index (χ1n) is 4.49. The minimum atomic E-state index is -0.209. The first-order valence-corrected chi connectivity index (χ1v) is 4.49. The summed E-state index contributed by atoms with van der Waals surface area (Å²) in [5, 5.41) is 11.7. The number of fused-ring (bicyclic) bond motifs is 1. The van der Waals surface area contributed by atoms with Crippen LogP contribution in [0.3, 0.4) is 0 Å². The molecule has 5 nitrogen and oxygen atoms in total. The molecule has 80 valence electrons. The number of carbonyl (C=O) groups is 1. The van der Waals surface area contributed by atoms with E-state index >= 15 is 0 Å². The summed E-state index contributed by atoms with van der Waals surface area (Å²) in [6.07, 6.45) is 0. The molecule has 15 heavy (non-hydrogen) atoms. The Bertz CT molecular complexity index is 403. The maximum atomic E-state index is 11.1. The highest BCUT2D eigenvalue weighted by Crippen LogP contribution is 2.38. The van der Waals surface area contributed by atoms with Gasteiger partial charge >= 0.3 is 0 Å². The third kappa shape index (κ3) is 1.73. The number of aliphatic hydroxyl groups excluding tert-OH is 1. The van der Waals surface area contributed by atoms with Gasteiger partial charge in [0.2, 0.25) is 0 Å². The second kappa shape index (κ2) is 3.78. The fourth-order valence-electron chi connectivity index (χ4n) is 1.47. The van der Waals surface area contributed by atoms with Crippen molar-refractivity contribution in [1.29, 1.82) is 0 Å². The van der Waals surface area contributed by atoms with Gasteiger partial charge in [-0.15, -0.1) is 0 Å². The van der Waals surface area contributed by atoms with Gasteiger partial charge in [-0.1, -0.05) is 0 Å². The van der Waals surface area contributed by atoms with Gasteiger partial charge in [-0.05, 0) is 17.7 Å². The molecule has 0 aliphatic carbocycles. The van der Waals surface area contributed by atoms with Gasteiger partial charge < -0.3 is 19.9 Å². The predicted molar refractivity (Wildman–Crippen MR) is 53.0 cm³/mol. The van der Waals surface area contributed by atoms with Crippen LogP contribution >= 0.6 is 0 Å². The number of rotatable bonds is 2. The van der Waals surface area contributed by atoms with Crippen molar-refractivity contribution in [3.8, 4) is 11.5 Å². The third-order valence-corrected chi connectivity index (χ3v) is 2.14. The van der Waals surface area contributed by atoms with E-state index in [1.807, 2.05) is 0 Å². The van der Waals surface area contributed by atoms with Crippen LogP contribution in [-0.4, -0.2) is 24.7 Å². The minimum absolute atomic E-state index is 0.0121. The maximum absolute atomic E-state index is 11.1. The number of carbonyl (C=O) groups excluding carboxylic acids is 1. The molecular formula is C10H11NO4. The summed E-state index contributed by atoms with van der Waals surface area (Å²) >= 11 is 0. The zero-order valence-corrected chi connectivity index (χ0v) is 8.24. The summed E-state index contributed by atoms with van der Waals surface area (Å²) in [6.45, 7) is -0.124. The average molecular weight is 209 g/mol. The number of nitrogens with one attached hydrogen (secondary N) is 1. The number of hydrogen-bond acceptors (Lipinski definition) is 4. The number of ether oxygens (including phenoxy) is 2. The Hall–Kier alpha value is -1.75. The number of hydrogen-bond donors (Lipinski definition) is 2. The highest BCUT2D eigenvalue weighted by atomic mass is 16.5. The fraction of sp³-hybridized carbons (Fsp3) is 0.300. The van der Waals surface area contributed by atoms with Crippen molar-refractivity contribution in [1.82, 2.24) is 0 Å². The predicted octanol–water partition coefficient (Wildman–Crippen LogP) is 0.518. The van der Waals surface area contributed by atoms with E-state index in [9.17, 15) is 4.79 Å². The normalized spacial score (nSPS) is 13.9. The molecule has 1 aromatic rings. The van der Waals surface area contributed by atoms with Gasteiger partial charge in [0.25, 0.3) is 5.91 Å². The van der Waals surface area contributed by atoms with Crippen LogP contribution in [0.4, 0.5) is 5.69 Å². The molecule has 0 bridgehead atoms. The topological polar surface area (TPSA) is 67.8 Å². The Labute approximate surface area is 86.6 Å². The second-order valence-corrected chi connectivity index (χ2v) is 3.17. The Kier molecular flexibility index (Phi) is 2.47. The van der Waals surface area contributed by atoms with Gasteiger partial charge in [0.1, 0.15) is 0 Å². The van der Waals surface area contributed by atoms with Crippen LogP contribution in [0.5, 0.6) is 11.5 Å². The van der Waals surface area contributed by atoms with Crippen LogP contribution in [-0.2, 0) is 11.4 Å². The average Bonchev–Trinajstić information content (AvgIpc) is 2.26. The van der Waals surface area contributed by atoms with E-state index < -0.39 is 0 Å². The Morgan fingerprint density at radius 2 is 2.40 bits per heavy atom. The van der Waals surface area contributed by atoms with Crippen molar-refractivity contribution < 1.29 is 19.4 Å². The molecule has 0 saturated carbocycles. The van der Waals surface area contributed by atoms with Gasteiger partial charge in [-0.25, -0.2) is 0 Å². The summed E-state index contributed by atoms with van der Waals surface area (Å²) < 4.78 is 10.3. The van der Waals surface area contributed by atoms with Gasteiger partial charge in [0, 0.05) is 0 Å².